The highest BCUT2D eigenvalue weighted by atomic mass is 16.5. The Morgan fingerprint density at radius 2 is 1.76 bits per heavy atom. The van der Waals surface area contributed by atoms with E-state index in [-0.39, 0.29) is 18.6 Å². The monoisotopic (exact) mass is 246 g/mol. The van der Waals surface area contributed by atoms with Gasteiger partial charge in [-0.05, 0) is 6.92 Å². The van der Waals surface area contributed by atoms with Gasteiger partial charge in [0.05, 0.1) is 27.6 Å². The molecule has 0 rings (SSSR count). The van der Waals surface area contributed by atoms with Crippen LogP contribution in [0.5, 0.6) is 0 Å². The average Bonchev–Trinajstić information content (AvgIpc) is 1.95. The second kappa shape index (κ2) is 6.34. The topological polar surface area (TPSA) is 80.7 Å². The quantitative estimate of drug-likeness (QED) is 0.390. The number of ketones is 1. The van der Waals surface area contributed by atoms with E-state index in [0.717, 1.165) is 0 Å². The summed E-state index contributed by atoms with van der Waals surface area (Å²) in [6.45, 7) is 1.67. The molecule has 0 aliphatic carbocycles. The number of aliphatic carboxylic acids is 1. The van der Waals surface area contributed by atoms with E-state index < -0.39 is 18.0 Å². The molecule has 0 aliphatic heterocycles. The summed E-state index contributed by atoms with van der Waals surface area (Å²) in [5, 5.41) is 8.71. The smallest absolute Gasteiger partial charge is 0.313 e. The molecule has 98 valence electrons. The van der Waals surface area contributed by atoms with Crippen molar-refractivity contribution in [1.82, 2.24) is 0 Å². The summed E-state index contributed by atoms with van der Waals surface area (Å²) in [5.41, 5.74) is 0. The molecule has 0 radical (unpaired) electrons. The molecule has 17 heavy (non-hydrogen) atoms. The lowest BCUT2D eigenvalue weighted by Crippen LogP contribution is -2.43. The van der Waals surface area contributed by atoms with Crippen molar-refractivity contribution in [1.29, 1.82) is 0 Å². The van der Waals surface area contributed by atoms with Crippen molar-refractivity contribution >= 4 is 17.7 Å². The van der Waals surface area contributed by atoms with E-state index in [2.05, 4.69) is 0 Å². The van der Waals surface area contributed by atoms with Crippen molar-refractivity contribution < 1.29 is 28.7 Å². The number of carbonyl (C=O) groups excluding carboxylic acids is 2. The summed E-state index contributed by atoms with van der Waals surface area (Å²) >= 11 is 0. The molecule has 0 spiro atoms. The number of hydrogen-bond acceptors (Lipinski definition) is 4. The molecule has 6 nitrogen and oxygen atoms in total. The first-order valence-corrected chi connectivity index (χ1v) is 5.31. The van der Waals surface area contributed by atoms with E-state index in [1.165, 1.54) is 6.92 Å². The fraction of sp³-hybridized carbons (Fsp3) is 0.727. The van der Waals surface area contributed by atoms with Crippen LogP contribution < -0.4 is 0 Å². The molecule has 1 atom stereocenters. The highest BCUT2D eigenvalue weighted by Gasteiger charge is 2.25. The second-order valence-corrected chi connectivity index (χ2v) is 5.06. The van der Waals surface area contributed by atoms with E-state index >= 15 is 0 Å². The maximum atomic E-state index is 11.3. The third-order valence-electron chi connectivity index (χ3n) is 1.85. The summed E-state index contributed by atoms with van der Waals surface area (Å²) in [6.07, 6.45) is -1.27. The van der Waals surface area contributed by atoms with E-state index in [0.29, 0.717) is 11.0 Å². The molecule has 0 aromatic rings. The molecule has 0 aromatic heterocycles. The Balaban J connectivity index is 4.43. The van der Waals surface area contributed by atoms with Crippen molar-refractivity contribution in [2.45, 2.75) is 25.9 Å². The number of carboxylic acid groups (broad SMARTS) is 1. The van der Waals surface area contributed by atoms with Crippen LogP contribution in [0.4, 0.5) is 0 Å². The molecule has 0 amide bonds. The van der Waals surface area contributed by atoms with Crippen molar-refractivity contribution in [3.63, 3.8) is 0 Å². The number of esters is 1. The highest BCUT2D eigenvalue weighted by molar-refractivity contribution is 5.94. The Kier molecular flexibility index (Phi) is 5.81. The molecule has 0 fully saturated rings. The van der Waals surface area contributed by atoms with Gasteiger partial charge >= 0.3 is 11.9 Å². The lowest BCUT2D eigenvalue weighted by Gasteiger charge is -2.28. The average molecular weight is 246 g/mol. The minimum atomic E-state index is -1.03. The zero-order valence-corrected chi connectivity index (χ0v) is 10.7. The van der Waals surface area contributed by atoms with Crippen molar-refractivity contribution in [3.8, 4) is 0 Å². The van der Waals surface area contributed by atoms with Gasteiger partial charge in [0.25, 0.3) is 0 Å². The zero-order valence-electron chi connectivity index (χ0n) is 10.7. The van der Waals surface area contributed by atoms with Gasteiger partial charge in [-0.1, -0.05) is 0 Å². The van der Waals surface area contributed by atoms with Crippen molar-refractivity contribution in [2.75, 3.05) is 27.7 Å². The predicted molar refractivity (Wildman–Crippen MR) is 60.3 cm³/mol. The molecule has 6 heteroatoms. The predicted octanol–water partition coefficient (Wildman–Crippen LogP) is 0.0582. The Morgan fingerprint density at radius 1 is 1.24 bits per heavy atom. The molecule has 0 heterocycles. The molecule has 0 aromatic carbocycles. The number of quaternary nitrogens is 1. The van der Waals surface area contributed by atoms with Crippen LogP contribution in [0.1, 0.15) is 19.8 Å². The Morgan fingerprint density at radius 3 is 2.12 bits per heavy atom. The third kappa shape index (κ3) is 9.50. The summed E-state index contributed by atoms with van der Waals surface area (Å²) < 4.78 is 5.47. The van der Waals surface area contributed by atoms with E-state index in [1.54, 1.807) is 0 Å². The molecule has 1 N–H and O–H groups in total. The minimum Gasteiger partial charge on any atom is -0.481 e. The van der Waals surface area contributed by atoms with Gasteiger partial charge in [-0.15, -0.1) is 0 Å². The van der Waals surface area contributed by atoms with Gasteiger partial charge in [0.2, 0.25) is 0 Å². The molecule has 1 unspecified atom stereocenters. The van der Waals surface area contributed by atoms with Crippen LogP contribution in [0.3, 0.4) is 0 Å². The molecule has 0 aliphatic rings. The number of hydrogen-bond donors (Lipinski definition) is 1. The number of nitrogens with zero attached hydrogens (tertiary/aromatic N) is 1. The molecule has 0 saturated heterocycles. The summed E-state index contributed by atoms with van der Waals surface area (Å²) in [6, 6.07) is 0. The van der Waals surface area contributed by atoms with Crippen LogP contribution in [0.15, 0.2) is 0 Å². The SMILES string of the molecule is CC(=O)CC(=O)OC(CC(=O)O)C[N+](C)(C)C. The maximum Gasteiger partial charge on any atom is 0.313 e. The normalized spacial score (nSPS) is 12.9. The van der Waals surface area contributed by atoms with E-state index in [9.17, 15) is 14.4 Å². The fourth-order valence-electron chi connectivity index (χ4n) is 1.38. The lowest BCUT2D eigenvalue weighted by molar-refractivity contribution is -0.873. The zero-order chi connectivity index (χ0) is 13.6. The van der Waals surface area contributed by atoms with E-state index in [1.807, 2.05) is 21.1 Å². The summed E-state index contributed by atoms with van der Waals surface area (Å²) in [7, 11) is 5.61. The fourth-order valence-corrected chi connectivity index (χ4v) is 1.38. The Bertz CT molecular complexity index is 305. The standard InChI is InChI=1S/C11H19NO5/c1-8(13)5-11(16)17-9(6-10(14)15)7-12(2,3)4/h9H,5-7H2,1-4H3/p+1. The number of rotatable bonds is 7. The van der Waals surface area contributed by atoms with Gasteiger partial charge in [0.1, 0.15) is 18.7 Å². The number of likely N-dealkylation sites (N-methyl/N-ethyl adjacent to an activating group) is 1. The summed E-state index contributed by atoms with van der Waals surface area (Å²) in [5.74, 6) is -1.99. The molecular formula is C11H20NO5+. The van der Waals surface area contributed by atoms with Gasteiger partial charge < -0.3 is 14.3 Å². The lowest BCUT2D eigenvalue weighted by atomic mass is 10.2. The molecule has 0 bridgehead atoms. The van der Waals surface area contributed by atoms with Crippen LogP contribution >= 0.6 is 0 Å². The number of carboxylic acids is 1. The van der Waals surface area contributed by atoms with Gasteiger partial charge in [-0.3, -0.25) is 14.4 Å². The van der Waals surface area contributed by atoms with E-state index in [4.69, 9.17) is 9.84 Å². The van der Waals surface area contributed by atoms with Gasteiger partial charge in [-0.25, -0.2) is 0 Å². The second-order valence-electron chi connectivity index (χ2n) is 5.06. The first-order chi connectivity index (χ1) is 7.60. The van der Waals surface area contributed by atoms with Crippen molar-refractivity contribution in [2.24, 2.45) is 0 Å². The number of ether oxygens (including phenoxy) is 1. The first kappa shape index (κ1) is 15.6. The summed E-state index contributed by atoms with van der Waals surface area (Å²) in [4.78, 5) is 32.6. The Labute approximate surface area is 101 Å². The minimum absolute atomic E-state index is 0.251. The van der Waals surface area contributed by atoms with Crippen LogP contribution in [0.2, 0.25) is 0 Å². The van der Waals surface area contributed by atoms with Crippen molar-refractivity contribution in [3.05, 3.63) is 0 Å². The molecular weight excluding hydrogens is 226 g/mol. The van der Waals surface area contributed by atoms with Gasteiger partial charge in [-0.2, -0.15) is 0 Å². The Hall–Kier alpha value is -1.43. The van der Waals surface area contributed by atoms with Gasteiger partial charge in [0, 0.05) is 0 Å². The van der Waals surface area contributed by atoms with Crippen LogP contribution in [0, 0.1) is 0 Å². The van der Waals surface area contributed by atoms with Gasteiger partial charge in [0.15, 0.2) is 6.10 Å². The van der Waals surface area contributed by atoms with Crippen LogP contribution in [0.25, 0.3) is 0 Å². The third-order valence-corrected chi connectivity index (χ3v) is 1.85. The number of Topliss-reactive ketones (excluding diaryl/α,β-unsaturated/α-hetero) is 1. The molecule has 0 saturated carbocycles. The van der Waals surface area contributed by atoms with Crippen LogP contribution in [-0.4, -0.2) is 61.1 Å². The first-order valence-electron chi connectivity index (χ1n) is 5.31. The number of carbonyl (C=O) groups is 3. The van der Waals surface area contributed by atoms with Crippen LogP contribution in [-0.2, 0) is 19.1 Å². The highest BCUT2D eigenvalue weighted by Crippen LogP contribution is 2.06. The largest absolute Gasteiger partial charge is 0.481 e. The maximum absolute atomic E-state index is 11.3.